The SMILES string of the molecule is O=C(/C=C/c1ccc([N+](=O)[O-])cc1)c1ccc(Cl)cc1. The molecule has 0 saturated carbocycles. The first-order valence-electron chi connectivity index (χ1n) is 5.79. The number of nitro groups is 1. The summed E-state index contributed by atoms with van der Waals surface area (Å²) in [6.07, 6.45) is 3.03. The molecule has 0 aromatic heterocycles. The monoisotopic (exact) mass is 287 g/mol. The fourth-order valence-electron chi connectivity index (χ4n) is 1.59. The van der Waals surface area contributed by atoms with Gasteiger partial charge < -0.3 is 0 Å². The number of hydrogen-bond acceptors (Lipinski definition) is 3. The minimum absolute atomic E-state index is 0.0196. The topological polar surface area (TPSA) is 60.2 Å². The predicted molar refractivity (Wildman–Crippen MR) is 77.9 cm³/mol. The first-order valence-corrected chi connectivity index (χ1v) is 6.16. The molecule has 0 aliphatic rings. The van der Waals surface area contributed by atoms with Gasteiger partial charge in [0, 0.05) is 22.7 Å². The van der Waals surface area contributed by atoms with Gasteiger partial charge in [-0.25, -0.2) is 0 Å². The van der Waals surface area contributed by atoms with Gasteiger partial charge in [0.2, 0.25) is 0 Å². The highest BCUT2D eigenvalue weighted by Gasteiger charge is 2.03. The lowest BCUT2D eigenvalue weighted by atomic mass is 10.1. The van der Waals surface area contributed by atoms with Crippen LogP contribution in [0.15, 0.2) is 54.6 Å². The Bertz CT molecular complexity index is 661. The van der Waals surface area contributed by atoms with Crippen molar-refractivity contribution in [2.24, 2.45) is 0 Å². The first kappa shape index (κ1) is 14.0. The second-order valence-corrected chi connectivity index (χ2v) is 4.49. The zero-order valence-electron chi connectivity index (χ0n) is 10.3. The smallest absolute Gasteiger partial charge is 0.269 e. The lowest BCUT2D eigenvalue weighted by Gasteiger charge is -1.96. The summed E-state index contributed by atoms with van der Waals surface area (Å²) in [6.45, 7) is 0. The molecule has 0 atom stereocenters. The van der Waals surface area contributed by atoms with Crippen molar-refractivity contribution in [1.29, 1.82) is 0 Å². The van der Waals surface area contributed by atoms with E-state index in [4.69, 9.17) is 11.6 Å². The van der Waals surface area contributed by atoms with Gasteiger partial charge in [0.15, 0.2) is 5.78 Å². The molecule has 5 heteroatoms. The number of carbonyl (C=O) groups is 1. The minimum atomic E-state index is -0.466. The second kappa shape index (κ2) is 6.12. The van der Waals surface area contributed by atoms with Crippen LogP contribution in [0.4, 0.5) is 5.69 Å². The third kappa shape index (κ3) is 3.52. The van der Waals surface area contributed by atoms with Crippen LogP contribution in [0, 0.1) is 10.1 Å². The quantitative estimate of drug-likeness (QED) is 0.367. The second-order valence-electron chi connectivity index (χ2n) is 4.05. The normalized spacial score (nSPS) is 10.7. The molecule has 0 unspecified atom stereocenters. The lowest BCUT2D eigenvalue weighted by Crippen LogP contribution is -1.93. The molecule has 0 fully saturated rings. The van der Waals surface area contributed by atoms with E-state index in [1.807, 2.05) is 0 Å². The average Bonchev–Trinajstić information content (AvgIpc) is 2.46. The molecule has 100 valence electrons. The van der Waals surface area contributed by atoms with Crippen LogP contribution in [0.5, 0.6) is 0 Å². The van der Waals surface area contributed by atoms with Crippen LogP contribution in [0.1, 0.15) is 15.9 Å². The Hall–Kier alpha value is -2.46. The summed E-state index contributed by atoms with van der Waals surface area (Å²) in [4.78, 5) is 21.9. The highest BCUT2D eigenvalue weighted by molar-refractivity contribution is 6.30. The van der Waals surface area contributed by atoms with Crippen molar-refractivity contribution < 1.29 is 9.72 Å². The number of hydrogen-bond donors (Lipinski definition) is 0. The molecule has 0 aliphatic heterocycles. The summed E-state index contributed by atoms with van der Waals surface area (Å²) in [5, 5.41) is 11.1. The Morgan fingerprint density at radius 2 is 1.65 bits per heavy atom. The largest absolute Gasteiger partial charge is 0.289 e. The number of benzene rings is 2. The number of nitro benzene ring substituents is 1. The molecule has 2 aromatic carbocycles. The highest BCUT2D eigenvalue weighted by atomic mass is 35.5. The van der Waals surface area contributed by atoms with Crippen molar-refractivity contribution in [3.8, 4) is 0 Å². The van der Waals surface area contributed by atoms with Crippen molar-refractivity contribution in [3.05, 3.63) is 80.9 Å². The summed E-state index contributed by atoms with van der Waals surface area (Å²) in [5.41, 5.74) is 1.27. The number of halogens is 1. The standard InChI is InChI=1S/C15H10ClNO3/c16-13-6-4-12(5-7-13)15(18)10-3-11-1-8-14(9-2-11)17(19)20/h1-10H/b10-3+. The number of ketones is 1. The maximum Gasteiger partial charge on any atom is 0.269 e. The summed E-state index contributed by atoms with van der Waals surface area (Å²) < 4.78 is 0. The van der Waals surface area contributed by atoms with Crippen LogP contribution in [0.3, 0.4) is 0 Å². The van der Waals surface area contributed by atoms with Crippen LogP contribution >= 0.6 is 11.6 Å². The molecule has 0 bridgehead atoms. The van der Waals surface area contributed by atoms with Gasteiger partial charge >= 0.3 is 0 Å². The van der Waals surface area contributed by atoms with E-state index in [0.29, 0.717) is 10.6 Å². The van der Waals surface area contributed by atoms with Gasteiger partial charge in [0.1, 0.15) is 0 Å². The minimum Gasteiger partial charge on any atom is -0.289 e. The van der Waals surface area contributed by atoms with Gasteiger partial charge in [-0.2, -0.15) is 0 Å². The molecule has 0 saturated heterocycles. The third-order valence-corrected chi connectivity index (χ3v) is 2.91. The summed E-state index contributed by atoms with van der Waals surface area (Å²) >= 11 is 5.75. The van der Waals surface area contributed by atoms with Crippen LogP contribution in [-0.4, -0.2) is 10.7 Å². The number of non-ortho nitro benzene ring substituents is 1. The molecule has 20 heavy (non-hydrogen) atoms. The van der Waals surface area contributed by atoms with Gasteiger partial charge in [-0.15, -0.1) is 0 Å². The van der Waals surface area contributed by atoms with Crippen molar-refractivity contribution in [2.45, 2.75) is 0 Å². The maximum absolute atomic E-state index is 11.9. The van der Waals surface area contributed by atoms with Crippen molar-refractivity contribution in [2.75, 3.05) is 0 Å². The zero-order valence-corrected chi connectivity index (χ0v) is 11.1. The molecule has 0 amide bonds. The number of carbonyl (C=O) groups excluding carboxylic acids is 1. The Labute approximate surface area is 120 Å². The first-order chi connectivity index (χ1) is 9.56. The molecule has 0 aliphatic carbocycles. The summed E-state index contributed by atoms with van der Waals surface area (Å²) in [5.74, 6) is -0.153. The maximum atomic E-state index is 11.9. The van der Waals surface area contributed by atoms with Crippen molar-refractivity contribution >= 4 is 29.1 Å². The van der Waals surface area contributed by atoms with E-state index in [-0.39, 0.29) is 11.5 Å². The van der Waals surface area contributed by atoms with Crippen molar-refractivity contribution in [1.82, 2.24) is 0 Å². The molecule has 0 radical (unpaired) electrons. The predicted octanol–water partition coefficient (Wildman–Crippen LogP) is 4.14. The Morgan fingerprint density at radius 1 is 1.05 bits per heavy atom. The number of nitrogens with zero attached hydrogens (tertiary/aromatic N) is 1. The molecular weight excluding hydrogens is 278 g/mol. The molecule has 0 spiro atoms. The third-order valence-electron chi connectivity index (χ3n) is 2.66. The van der Waals surface area contributed by atoms with Crippen LogP contribution < -0.4 is 0 Å². The van der Waals surface area contributed by atoms with E-state index in [1.165, 1.54) is 18.2 Å². The van der Waals surface area contributed by atoms with Gasteiger partial charge in [-0.1, -0.05) is 17.7 Å². The fourth-order valence-corrected chi connectivity index (χ4v) is 1.72. The van der Waals surface area contributed by atoms with Crippen LogP contribution in [0.25, 0.3) is 6.08 Å². The summed E-state index contributed by atoms with van der Waals surface area (Å²) in [6, 6.07) is 12.5. The van der Waals surface area contributed by atoms with E-state index in [0.717, 1.165) is 5.56 Å². The highest BCUT2D eigenvalue weighted by Crippen LogP contribution is 2.14. The van der Waals surface area contributed by atoms with E-state index in [9.17, 15) is 14.9 Å². The van der Waals surface area contributed by atoms with Crippen molar-refractivity contribution in [3.63, 3.8) is 0 Å². The molecular formula is C15H10ClNO3. The van der Waals surface area contributed by atoms with E-state index < -0.39 is 4.92 Å². The average molecular weight is 288 g/mol. The van der Waals surface area contributed by atoms with Gasteiger partial charge in [0.05, 0.1) is 4.92 Å². The molecule has 0 N–H and O–H groups in total. The van der Waals surface area contributed by atoms with E-state index in [2.05, 4.69) is 0 Å². The summed E-state index contributed by atoms with van der Waals surface area (Å²) in [7, 11) is 0. The van der Waals surface area contributed by atoms with E-state index in [1.54, 1.807) is 42.5 Å². The van der Waals surface area contributed by atoms with Crippen LogP contribution in [-0.2, 0) is 0 Å². The fraction of sp³-hybridized carbons (Fsp3) is 0. The molecule has 4 nitrogen and oxygen atoms in total. The Kier molecular flexibility index (Phi) is 4.27. The van der Waals surface area contributed by atoms with Gasteiger partial charge in [0.25, 0.3) is 5.69 Å². The number of allylic oxidation sites excluding steroid dienone is 1. The molecule has 2 aromatic rings. The Balaban J connectivity index is 2.10. The zero-order chi connectivity index (χ0) is 14.5. The number of rotatable bonds is 4. The van der Waals surface area contributed by atoms with Crippen LogP contribution in [0.2, 0.25) is 5.02 Å². The Morgan fingerprint density at radius 3 is 2.20 bits per heavy atom. The molecule has 0 heterocycles. The van der Waals surface area contributed by atoms with Gasteiger partial charge in [-0.3, -0.25) is 14.9 Å². The van der Waals surface area contributed by atoms with Gasteiger partial charge in [-0.05, 0) is 48.0 Å². The molecule has 2 rings (SSSR count). The lowest BCUT2D eigenvalue weighted by molar-refractivity contribution is -0.384. The van der Waals surface area contributed by atoms with E-state index >= 15 is 0 Å².